The SMILES string of the molecule is O=C(c1cccc2c1CCNC2)N1CC2CCCC2C1. The Hall–Kier alpha value is -1.35. The van der Waals surface area contributed by atoms with E-state index in [9.17, 15) is 4.79 Å². The molecule has 1 saturated carbocycles. The molecule has 106 valence electrons. The zero-order valence-corrected chi connectivity index (χ0v) is 11.9. The van der Waals surface area contributed by atoms with Crippen molar-refractivity contribution in [3.63, 3.8) is 0 Å². The van der Waals surface area contributed by atoms with Crippen molar-refractivity contribution in [3.05, 3.63) is 34.9 Å². The van der Waals surface area contributed by atoms with Gasteiger partial charge in [-0.25, -0.2) is 0 Å². The van der Waals surface area contributed by atoms with Crippen LogP contribution in [0.25, 0.3) is 0 Å². The first kappa shape index (κ1) is 12.4. The quantitative estimate of drug-likeness (QED) is 0.848. The lowest BCUT2D eigenvalue weighted by Gasteiger charge is -2.23. The second-order valence-electron chi connectivity index (χ2n) is 6.53. The van der Waals surface area contributed by atoms with Crippen LogP contribution in [0.2, 0.25) is 0 Å². The zero-order chi connectivity index (χ0) is 13.5. The van der Waals surface area contributed by atoms with Crippen LogP contribution in [0.15, 0.2) is 18.2 Å². The molecule has 1 aromatic carbocycles. The summed E-state index contributed by atoms with van der Waals surface area (Å²) in [5.41, 5.74) is 3.55. The van der Waals surface area contributed by atoms with Crippen molar-refractivity contribution < 1.29 is 4.79 Å². The van der Waals surface area contributed by atoms with Gasteiger partial charge in [-0.15, -0.1) is 0 Å². The van der Waals surface area contributed by atoms with Gasteiger partial charge in [-0.3, -0.25) is 4.79 Å². The predicted octanol–water partition coefficient (Wildman–Crippen LogP) is 2.20. The number of likely N-dealkylation sites (tertiary alicyclic amines) is 1. The number of amides is 1. The molecule has 2 heterocycles. The van der Waals surface area contributed by atoms with E-state index in [1.54, 1.807) is 0 Å². The number of hydrogen-bond acceptors (Lipinski definition) is 2. The van der Waals surface area contributed by atoms with Crippen molar-refractivity contribution in [1.82, 2.24) is 10.2 Å². The molecule has 3 nitrogen and oxygen atoms in total. The fourth-order valence-corrected chi connectivity index (χ4v) is 4.30. The average molecular weight is 270 g/mol. The third-order valence-electron chi connectivity index (χ3n) is 5.38. The molecule has 2 fully saturated rings. The Kier molecular flexibility index (Phi) is 3.03. The summed E-state index contributed by atoms with van der Waals surface area (Å²) >= 11 is 0. The molecule has 0 bridgehead atoms. The van der Waals surface area contributed by atoms with E-state index in [-0.39, 0.29) is 5.91 Å². The molecule has 1 aromatic rings. The van der Waals surface area contributed by atoms with Gasteiger partial charge in [-0.05, 0) is 54.8 Å². The Morgan fingerprint density at radius 3 is 2.80 bits per heavy atom. The molecule has 3 heteroatoms. The first-order valence-corrected chi connectivity index (χ1v) is 7.93. The minimum absolute atomic E-state index is 0.276. The van der Waals surface area contributed by atoms with Crippen molar-refractivity contribution in [2.75, 3.05) is 19.6 Å². The largest absolute Gasteiger partial charge is 0.338 e. The molecule has 1 amide bonds. The van der Waals surface area contributed by atoms with Crippen LogP contribution in [0, 0.1) is 11.8 Å². The van der Waals surface area contributed by atoms with E-state index in [0.717, 1.165) is 50.0 Å². The molecule has 1 N–H and O–H groups in total. The van der Waals surface area contributed by atoms with Crippen LogP contribution in [-0.4, -0.2) is 30.4 Å². The Bertz CT molecular complexity index is 528. The molecule has 1 aliphatic carbocycles. The lowest BCUT2D eigenvalue weighted by atomic mass is 9.95. The third kappa shape index (κ3) is 1.96. The van der Waals surface area contributed by atoms with E-state index in [0.29, 0.717) is 0 Å². The van der Waals surface area contributed by atoms with Crippen molar-refractivity contribution in [2.45, 2.75) is 32.2 Å². The van der Waals surface area contributed by atoms with E-state index in [2.05, 4.69) is 16.3 Å². The summed E-state index contributed by atoms with van der Waals surface area (Å²) in [5.74, 6) is 1.83. The molecule has 0 spiro atoms. The lowest BCUT2D eigenvalue weighted by molar-refractivity contribution is 0.0779. The van der Waals surface area contributed by atoms with Crippen molar-refractivity contribution in [3.8, 4) is 0 Å². The lowest BCUT2D eigenvalue weighted by Crippen LogP contribution is -2.32. The molecule has 2 atom stereocenters. The highest BCUT2D eigenvalue weighted by Crippen LogP contribution is 2.38. The van der Waals surface area contributed by atoms with E-state index >= 15 is 0 Å². The molecule has 0 aromatic heterocycles. The van der Waals surface area contributed by atoms with Gasteiger partial charge in [0.1, 0.15) is 0 Å². The Balaban J connectivity index is 1.60. The maximum atomic E-state index is 12.9. The van der Waals surface area contributed by atoms with Gasteiger partial charge >= 0.3 is 0 Å². The fourth-order valence-electron chi connectivity index (χ4n) is 4.30. The second kappa shape index (κ2) is 4.88. The highest BCUT2D eigenvalue weighted by molar-refractivity contribution is 5.96. The maximum absolute atomic E-state index is 12.9. The Labute approximate surface area is 120 Å². The van der Waals surface area contributed by atoms with E-state index in [1.807, 2.05) is 12.1 Å². The van der Waals surface area contributed by atoms with Gasteiger partial charge in [0.2, 0.25) is 0 Å². The van der Waals surface area contributed by atoms with Gasteiger partial charge in [0.25, 0.3) is 5.91 Å². The summed E-state index contributed by atoms with van der Waals surface area (Å²) in [6, 6.07) is 6.22. The smallest absolute Gasteiger partial charge is 0.254 e. The van der Waals surface area contributed by atoms with Crippen LogP contribution in [0.1, 0.15) is 40.7 Å². The van der Waals surface area contributed by atoms with Crippen LogP contribution in [-0.2, 0) is 13.0 Å². The highest BCUT2D eigenvalue weighted by atomic mass is 16.2. The first-order chi connectivity index (χ1) is 9.83. The number of rotatable bonds is 1. The maximum Gasteiger partial charge on any atom is 0.254 e. The molecular weight excluding hydrogens is 248 g/mol. The van der Waals surface area contributed by atoms with Crippen molar-refractivity contribution in [1.29, 1.82) is 0 Å². The van der Waals surface area contributed by atoms with Crippen molar-refractivity contribution >= 4 is 5.91 Å². The summed E-state index contributed by atoms with van der Waals surface area (Å²) in [7, 11) is 0. The third-order valence-corrected chi connectivity index (χ3v) is 5.38. The molecule has 0 radical (unpaired) electrons. The van der Waals surface area contributed by atoms with Gasteiger partial charge in [0, 0.05) is 25.2 Å². The zero-order valence-electron chi connectivity index (χ0n) is 11.9. The van der Waals surface area contributed by atoms with Crippen LogP contribution in [0.3, 0.4) is 0 Å². The summed E-state index contributed by atoms with van der Waals surface area (Å²) in [5, 5.41) is 3.38. The number of hydrogen-bond donors (Lipinski definition) is 1. The molecular formula is C17H22N2O. The summed E-state index contributed by atoms with van der Waals surface area (Å²) in [6.45, 7) is 3.88. The predicted molar refractivity (Wildman–Crippen MR) is 78.6 cm³/mol. The van der Waals surface area contributed by atoms with E-state index < -0.39 is 0 Å². The molecule has 1 saturated heterocycles. The van der Waals surface area contributed by atoms with Gasteiger partial charge in [0.05, 0.1) is 0 Å². The summed E-state index contributed by atoms with van der Waals surface area (Å²) in [6.07, 6.45) is 5.00. The van der Waals surface area contributed by atoms with Gasteiger partial charge in [-0.1, -0.05) is 18.6 Å². The van der Waals surface area contributed by atoms with Gasteiger partial charge in [0.15, 0.2) is 0 Å². The number of fused-ring (bicyclic) bond motifs is 2. The molecule has 2 unspecified atom stereocenters. The minimum atomic E-state index is 0.276. The monoisotopic (exact) mass is 270 g/mol. The Morgan fingerprint density at radius 1 is 1.20 bits per heavy atom. The van der Waals surface area contributed by atoms with Crippen molar-refractivity contribution in [2.24, 2.45) is 11.8 Å². The standard InChI is InChI=1S/C17H22N2O/c20-17(19-10-13-4-1-5-14(13)11-19)16-6-2-3-12-9-18-8-7-15(12)16/h2-3,6,13-14,18H,1,4-5,7-11H2. The number of benzene rings is 1. The molecule has 3 aliphatic rings. The number of carbonyl (C=O) groups is 1. The summed E-state index contributed by atoms with van der Waals surface area (Å²) in [4.78, 5) is 15.0. The van der Waals surface area contributed by atoms with Crippen LogP contribution in [0.4, 0.5) is 0 Å². The minimum Gasteiger partial charge on any atom is -0.338 e. The van der Waals surface area contributed by atoms with E-state index in [4.69, 9.17) is 0 Å². The topological polar surface area (TPSA) is 32.3 Å². The normalized spacial score (nSPS) is 28.3. The van der Waals surface area contributed by atoms with Crippen LogP contribution >= 0.6 is 0 Å². The number of nitrogens with one attached hydrogen (secondary N) is 1. The van der Waals surface area contributed by atoms with E-state index in [1.165, 1.54) is 30.4 Å². The van der Waals surface area contributed by atoms with Gasteiger partial charge in [-0.2, -0.15) is 0 Å². The molecule has 2 aliphatic heterocycles. The number of carbonyl (C=O) groups excluding carboxylic acids is 1. The van der Waals surface area contributed by atoms with Crippen LogP contribution < -0.4 is 5.32 Å². The average Bonchev–Trinajstić information content (AvgIpc) is 3.07. The first-order valence-electron chi connectivity index (χ1n) is 7.93. The van der Waals surface area contributed by atoms with Crippen LogP contribution in [0.5, 0.6) is 0 Å². The fraction of sp³-hybridized carbons (Fsp3) is 0.588. The Morgan fingerprint density at radius 2 is 2.00 bits per heavy atom. The number of nitrogens with zero attached hydrogens (tertiary/aromatic N) is 1. The second-order valence-corrected chi connectivity index (χ2v) is 6.53. The molecule has 4 rings (SSSR count). The van der Waals surface area contributed by atoms with Gasteiger partial charge < -0.3 is 10.2 Å². The molecule has 20 heavy (non-hydrogen) atoms. The summed E-state index contributed by atoms with van der Waals surface area (Å²) < 4.78 is 0. The highest BCUT2D eigenvalue weighted by Gasteiger charge is 2.38.